The predicted octanol–water partition coefficient (Wildman–Crippen LogP) is 2.05. The van der Waals surface area contributed by atoms with Gasteiger partial charge < -0.3 is 14.5 Å². The molecule has 0 aromatic carbocycles. The highest BCUT2D eigenvalue weighted by Gasteiger charge is 2.27. The molecule has 0 spiro atoms. The van der Waals surface area contributed by atoms with Crippen molar-refractivity contribution in [2.45, 2.75) is 51.9 Å². The van der Waals surface area contributed by atoms with Gasteiger partial charge in [-0.1, -0.05) is 13.3 Å². The van der Waals surface area contributed by atoms with Gasteiger partial charge in [0.1, 0.15) is 0 Å². The molecule has 0 radical (unpaired) electrons. The summed E-state index contributed by atoms with van der Waals surface area (Å²) in [6.07, 6.45) is 6.39. The van der Waals surface area contributed by atoms with Crippen LogP contribution >= 0.6 is 0 Å². The topological polar surface area (TPSA) is 49.9 Å². The Kier molecular flexibility index (Phi) is 7.16. The van der Waals surface area contributed by atoms with Crippen LogP contribution in [0.25, 0.3) is 0 Å². The fourth-order valence-electron chi connectivity index (χ4n) is 3.25. The quantitative estimate of drug-likeness (QED) is 0.676. The first-order chi connectivity index (χ1) is 10.7. The van der Waals surface area contributed by atoms with Crippen molar-refractivity contribution >= 4 is 11.8 Å². The minimum Gasteiger partial charge on any atom is -0.381 e. The summed E-state index contributed by atoms with van der Waals surface area (Å²) in [6, 6.07) is 0. The van der Waals surface area contributed by atoms with Gasteiger partial charge in [-0.15, -0.1) is 0 Å². The standard InChI is InChI=1S/C17H30N2O3/c1-2-12-22-14-15-7-10-19(13-15)17(21)8-11-18-9-5-3-4-6-16(18)20/h15H,2-14H2,1H3. The van der Waals surface area contributed by atoms with Crippen LogP contribution in [0.15, 0.2) is 0 Å². The average molecular weight is 310 g/mol. The maximum Gasteiger partial charge on any atom is 0.224 e. The zero-order valence-electron chi connectivity index (χ0n) is 13.9. The highest BCUT2D eigenvalue weighted by molar-refractivity contribution is 5.79. The third-order valence-corrected chi connectivity index (χ3v) is 4.61. The van der Waals surface area contributed by atoms with Crippen LogP contribution in [0, 0.1) is 5.92 Å². The van der Waals surface area contributed by atoms with E-state index in [-0.39, 0.29) is 11.8 Å². The van der Waals surface area contributed by atoms with E-state index in [1.54, 1.807) is 0 Å². The highest BCUT2D eigenvalue weighted by Crippen LogP contribution is 2.18. The molecule has 2 saturated heterocycles. The van der Waals surface area contributed by atoms with Gasteiger partial charge in [-0.05, 0) is 25.7 Å². The summed E-state index contributed by atoms with van der Waals surface area (Å²) in [7, 11) is 0. The molecule has 0 N–H and O–H groups in total. The molecule has 2 aliphatic heterocycles. The number of hydrogen-bond donors (Lipinski definition) is 0. The fraction of sp³-hybridized carbons (Fsp3) is 0.882. The Balaban J connectivity index is 1.68. The Hall–Kier alpha value is -1.10. The van der Waals surface area contributed by atoms with Crippen LogP contribution in [0.4, 0.5) is 0 Å². The third kappa shape index (κ3) is 5.27. The Morgan fingerprint density at radius 1 is 1.27 bits per heavy atom. The highest BCUT2D eigenvalue weighted by atomic mass is 16.5. The normalized spacial score (nSPS) is 23.0. The van der Waals surface area contributed by atoms with E-state index in [0.29, 0.717) is 25.3 Å². The molecule has 1 atom stereocenters. The van der Waals surface area contributed by atoms with Crippen molar-refractivity contribution in [1.82, 2.24) is 9.80 Å². The number of likely N-dealkylation sites (tertiary alicyclic amines) is 2. The molecule has 0 bridgehead atoms. The van der Waals surface area contributed by atoms with Crippen LogP contribution in [0.3, 0.4) is 0 Å². The van der Waals surface area contributed by atoms with E-state index < -0.39 is 0 Å². The summed E-state index contributed by atoms with van der Waals surface area (Å²) >= 11 is 0. The van der Waals surface area contributed by atoms with E-state index in [1.165, 1.54) is 0 Å². The van der Waals surface area contributed by atoms with E-state index in [9.17, 15) is 9.59 Å². The smallest absolute Gasteiger partial charge is 0.224 e. The van der Waals surface area contributed by atoms with Gasteiger partial charge in [0.2, 0.25) is 11.8 Å². The van der Waals surface area contributed by atoms with Gasteiger partial charge in [-0.25, -0.2) is 0 Å². The first-order valence-corrected chi connectivity index (χ1v) is 8.84. The second kappa shape index (κ2) is 9.13. The second-order valence-corrected chi connectivity index (χ2v) is 6.51. The van der Waals surface area contributed by atoms with Crippen molar-refractivity contribution < 1.29 is 14.3 Å². The number of amides is 2. The molecule has 2 fully saturated rings. The molecule has 2 heterocycles. The molecule has 5 nitrogen and oxygen atoms in total. The van der Waals surface area contributed by atoms with Gasteiger partial charge in [0.25, 0.3) is 0 Å². The first-order valence-electron chi connectivity index (χ1n) is 8.84. The molecule has 0 aromatic rings. The molecule has 22 heavy (non-hydrogen) atoms. The lowest BCUT2D eigenvalue weighted by molar-refractivity contribution is -0.133. The first kappa shape index (κ1) is 17.3. The average Bonchev–Trinajstić information content (AvgIpc) is 2.89. The fourth-order valence-corrected chi connectivity index (χ4v) is 3.25. The summed E-state index contributed by atoms with van der Waals surface area (Å²) in [6.45, 7) is 6.74. The van der Waals surface area contributed by atoms with Gasteiger partial charge >= 0.3 is 0 Å². The molecule has 2 aliphatic rings. The van der Waals surface area contributed by atoms with E-state index in [0.717, 1.165) is 65.0 Å². The molecule has 0 aromatic heterocycles. The number of carbonyl (C=O) groups excluding carboxylic acids is 2. The Labute approximate surface area is 134 Å². The summed E-state index contributed by atoms with van der Waals surface area (Å²) in [5.74, 6) is 0.892. The summed E-state index contributed by atoms with van der Waals surface area (Å²) < 4.78 is 5.59. The van der Waals surface area contributed by atoms with E-state index in [4.69, 9.17) is 4.74 Å². The largest absolute Gasteiger partial charge is 0.381 e. The Morgan fingerprint density at radius 3 is 2.95 bits per heavy atom. The van der Waals surface area contributed by atoms with Gasteiger partial charge in [0.05, 0.1) is 6.61 Å². The van der Waals surface area contributed by atoms with Crippen molar-refractivity contribution in [2.24, 2.45) is 5.92 Å². The lowest BCUT2D eigenvalue weighted by Crippen LogP contribution is -2.36. The van der Waals surface area contributed by atoms with Gasteiger partial charge in [0.15, 0.2) is 0 Å². The number of rotatable bonds is 7. The van der Waals surface area contributed by atoms with Crippen LogP contribution < -0.4 is 0 Å². The summed E-state index contributed by atoms with van der Waals surface area (Å²) in [5.41, 5.74) is 0. The van der Waals surface area contributed by atoms with Crippen molar-refractivity contribution in [2.75, 3.05) is 39.4 Å². The zero-order chi connectivity index (χ0) is 15.8. The maximum absolute atomic E-state index is 12.3. The van der Waals surface area contributed by atoms with Crippen LogP contribution in [-0.4, -0.2) is 61.0 Å². The molecular formula is C17H30N2O3. The lowest BCUT2D eigenvalue weighted by atomic mass is 10.1. The number of hydrogen-bond acceptors (Lipinski definition) is 3. The molecule has 0 saturated carbocycles. The number of nitrogens with zero attached hydrogens (tertiary/aromatic N) is 2. The molecule has 126 valence electrons. The molecule has 2 rings (SSSR count). The molecule has 2 amide bonds. The number of carbonyl (C=O) groups is 2. The van der Waals surface area contributed by atoms with Crippen LogP contribution in [0.2, 0.25) is 0 Å². The molecule has 1 unspecified atom stereocenters. The number of ether oxygens (including phenoxy) is 1. The Bertz CT molecular complexity index is 373. The maximum atomic E-state index is 12.3. The van der Waals surface area contributed by atoms with Crippen molar-refractivity contribution in [3.63, 3.8) is 0 Å². The van der Waals surface area contributed by atoms with Crippen molar-refractivity contribution in [1.29, 1.82) is 0 Å². The lowest BCUT2D eigenvalue weighted by Gasteiger charge is -2.22. The SMILES string of the molecule is CCCOCC1CCN(C(=O)CCN2CCCCCC2=O)C1. The molecule has 0 aliphatic carbocycles. The van der Waals surface area contributed by atoms with Crippen molar-refractivity contribution in [3.8, 4) is 0 Å². The summed E-state index contributed by atoms with van der Waals surface area (Å²) in [4.78, 5) is 28.1. The van der Waals surface area contributed by atoms with Crippen molar-refractivity contribution in [3.05, 3.63) is 0 Å². The van der Waals surface area contributed by atoms with E-state index in [2.05, 4.69) is 6.92 Å². The van der Waals surface area contributed by atoms with Gasteiger partial charge in [0, 0.05) is 51.5 Å². The molecular weight excluding hydrogens is 280 g/mol. The third-order valence-electron chi connectivity index (χ3n) is 4.61. The Morgan fingerprint density at radius 2 is 2.14 bits per heavy atom. The monoisotopic (exact) mass is 310 g/mol. The minimum atomic E-state index is 0.190. The van der Waals surface area contributed by atoms with Crippen LogP contribution in [0.1, 0.15) is 51.9 Å². The van der Waals surface area contributed by atoms with Crippen LogP contribution in [-0.2, 0) is 14.3 Å². The summed E-state index contributed by atoms with van der Waals surface area (Å²) in [5, 5.41) is 0. The predicted molar refractivity (Wildman–Crippen MR) is 85.5 cm³/mol. The van der Waals surface area contributed by atoms with Crippen LogP contribution in [0.5, 0.6) is 0 Å². The second-order valence-electron chi connectivity index (χ2n) is 6.51. The van der Waals surface area contributed by atoms with E-state index >= 15 is 0 Å². The zero-order valence-corrected chi connectivity index (χ0v) is 13.9. The van der Waals surface area contributed by atoms with Gasteiger partial charge in [-0.2, -0.15) is 0 Å². The molecule has 5 heteroatoms. The minimum absolute atomic E-state index is 0.190. The van der Waals surface area contributed by atoms with Gasteiger partial charge in [-0.3, -0.25) is 9.59 Å². The van der Waals surface area contributed by atoms with E-state index in [1.807, 2.05) is 9.80 Å².